The molecular weight excluding hydrogens is 448 g/mol. The Morgan fingerprint density at radius 2 is 1.77 bits per heavy atom. The Labute approximate surface area is 179 Å². The zero-order valence-corrected chi connectivity index (χ0v) is 17.2. The minimum atomic E-state index is -3.84. The van der Waals surface area contributed by atoms with Crippen LogP contribution in [-0.2, 0) is 19.6 Å². The van der Waals surface area contributed by atoms with Crippen LogP contribution in [0.2, 0.25) is 0 Å². The highest BCUT2D eigenvalue weighted by molar-refractivity contribution is 7.92. The van der Waals surface area contributed by atoms with Crippen molar-refractivity contribution in [2.45, 2.75) is 4.90 Å². The summed E-state index contributed by atoms with van der Waals surface area (Å²) >= 11 is 0.659. The first-order valence-corrected chi connectivity index (χ1v) is 10.8. The van der Waals surface area contributed by atoms with Gasteiger partial charge in [0.25, 0.3) is 15.9 Å². The third-order valence-corrected chi connectivity index (χ3v) is 5.94. The summed E-state index contributed by atoms with van der Waals surface area (Å²) in [5.41, 5.74) is 0.430. The number of rotatable bonds is 8. The minimum absolute atomic E-state index is 0.00627. The quantitative estimate of drug-likeness (QED) is 0.294. The normalized spacial score (nSPS) is 10.8. The SMILES string of the molecule is O=C(COC(=O)c1ccc(S(=O)(=O)Nc2ccccc2)cc1)Nc1ncc([N+](=O)[O-])s1. The second-order valence-corrected chi connectivity index (χ2v) is 8.57. The van der Waals surface area contributed by atoms with Crippen molar-refractivity contribution in [3.05, 3.63) is 76.5 Å². The van der Waals surface area contributed by atoms with Gasteiger partial charge in [-0.25, -0.2) is 18.2 Å². The summed E-state index contributed by atoms with van der Waals surface area (Å²) in [6.45, 7) is -0.651. The number of hydrogen-bond donors (Lipinski definition) is 2. The van der Waals surface area contributed by atoms with Gasteiger partial charge < -0.3 is 4.74 Å². The van der Waals surface area contributed by atoms with Gasteiger partial charge in [-0.15, -0.1) is 0 Å². The summed E-state index contributed by atoms with van der Waals surface area (Å²) < 4.78 is 32.1. The van der Waals surface area contributed by atoms with Crippen LogP contribution < -0.4 is 10.0 Å². The summed E-state index contributed by atoms with van der Waals surface area (Å²) in [7, 11) is -3.84. The number of sulfonamides is 1. The number of ether oxygens (including phenoxy) is 1. The number of nitrogens with one attached hydrogen (secondary N) is 2. The molecule has 0 atom stereocenters. The van der Waals surface area contributed by atoms with Gasteiger partial charge in [-0.2, -0.15) is 0 Å². The number of hydrogen-bond acceptors (Lipinski definition) is 9. The van der Waals surface area contributed by atoms with E-state index in [1.54, 1.807) is 30.3 Å². The standard InChI is InChI=1S/C18H14N4O7S2/c23-15(20-18-19-10-16(30-18)22(25)26)11-29-17(24)12-6-8-14(9-7-12)31(27,28)21-13-4-2-1-3-5-13/h1-10,21H,11H2,(H,19,20,23). The van der Waals surface area contributed by atoms with Crippen molar-refractivity contribution >= 4 is 49.1 Å². The molecule has 0 unspecified atom stereocenters. The molecule has 11 nitrogen and oxygen atoms in total. The predicted octanol–water partition coefficient (Wildman–Crippen LogP) is 2.65. The molecule has 1 heterocycles. The number of thiazole rings is 1. The van der Waals surface area contributed by atoms with E-state index in [-0.39, 0.29) is 20.6 Å². The van der Waals surface area contributed by atoms with Crippen LogP contribution in [0.25, 0.3) is 0 Å². The molecule has 0 saturated carbocycles. The number of carbonyl (C=O) groups excluding carboxylic acids is 2. The van der Waals surface area contributed by atoms with Crippen molar-refractivity contribution in [3.8, 4) is 0 Å². The molecule has 13 heteroatoms. The van der Waals surface area contributed by atoms with Crippen LogP contribution in [0.5, 0.6) is 0 Å². The van der Waals surface area contributed by atoms with E-state index in [4.69, 9.17) is 4.74 Å². The molecular formula is C18H14N4O7S2. The van der Waals surface area contributed by atoms with Gasteiger partial charge in [-0.05, 0) is 47.7 Å². The van der Waals surface area contributed by atoms with Gasteiger partial charge in [-0.1, -0.05) is 18.2 Å². The van der Waals surface area contributed by atoms with Crippen LogP contribution in [0.3, 0.4) is 0 Å². The van der Waals surface area contributed by atoms with Crippen LogP contribution in [0.4, 0.5) is 15.8 Å². The molecule has 3 aromatic rings. The zero-order valence-electron chi connectivity index (χ0n) is 15.5. The average molecular weight is 462 g/mol. The number of para-hydroxylation sites is 1. The summed E-state index contributed by atoms with van der Waals surface area (Å²) in [6, 6.07) is 13.3. The molecule has 0 aliphatic carbocycles. The van der Waals surface area contributed by atoms with Gasteiger partial charge in [0, 0.05) is 5.69 Å². The van der Waals surface area contributed by atoms with E-state index in [2.05, 4.69) is 15.0 Å². The lowest BCUT2D eigenvalue weighted by Gasteiger charge is -2.09. The number of benzene rings is 2. The molecule has 160 valence electrons. The Morgan fingerprint density at radius 1 is 1.10 bits per heavy atom. The average Bonchev–Trinajstić information content (AvgIpc) is 3.21. The monoisotopic (exact) mass is 462 g/mol. The van der Waals surface area contributed by atoms with E-state index in [9.17, 15) is 28.1 Å². The maximum absolute atomic E-state index is 12.4. The van der Waals surface area contributed by atoms with Gasteiger partial charge in [0.1, 0.15) is 6.20 Å². The molecule has 1 amide bonds. The molecule has 0 fully saturated rings. The van der Waals surface area contributed by atoms with Crippen molar-refractivity contribution in [1.82, 2.24) is 4.98 Å². The molecule has 0 spiro atoms. The van der Waals surface area contributed by atoms with E-state index < -0.39 is 33.4 Å². The number of esters is 1. The molecule has 1 aromatic heterocycles. The Morgan fingerprint density at radius 3 is 2.39 bits per heavy atom. The number of nitro groups is 1. The molecule has 0 aliphatic rings. The van der Waals surface area contributed by atoms with Crippen molar-refractivity contribution < 1.29 is 27.7 Å². The lowest BCUT2D eigenvalue weighted by Crippen LogP contribution is -2.21. The highest BCUT2D eigenvalue weighted by Gasteiger charge is 2.17. The maximum Gasteiger partial charge on any atom is 0.345 e. The smallest absolute Gasteiger partial charge is 0.345 e. The fourth-order valence-electron chi connectivity index (χ4n) is 2.27. The zero-order chi connectivity index (χ0) is 22.4. The van der Waals surface area contributed by atoms with Crippen molar-refractivity contribution in [3.63, 3.8) is 0 Å². The van der Waals surface area contributed by atoms with E-state index >= 15 is 0 Å². The third-order valence-electron chi connectivity index (χ3n) is 3.68. The van der Waals surface area contributed by atoms with Crippen LogP contribution in [0, 0.1) is 10.1 Å². The molecule has 0 radical (unpaired) electrons. The van der Waals surface area contributed by atoms with E-state index in [0.29, 0.717) is 17.0 Å². The second-order valence-electron chi connectivity index (χ2n) is 5.88. The number of anilines is 2. The molecule has 31 heavy (non-hydrogen) atoms. The van der Waals surface area contributed by atoms with E-state index in [1.807, 2.05) is 0 Å². The fraction of sp³-hybridized carbons (Fsp3) is 0.0556. The minimum Gasteiger partial charge on any atom is -0.452 e. The van der Waals surface area contributed by atoms with Crippen molar-refractivity contribution in [1.29, 1.82) is 0 Å². The summed E-state index contributed by atoms with van der Waals surface area (Å²) in [5, 5.41) is 12.6. The Kier molecular flexibility index (Phi) is 6.57. The van der Waals surface area contributed by atoms with Crippen LogP contribution in [-0.4, -0.2) is 36.8 Å². The number of carbonyl (C=O) groups is 2. The topological polar surface area (TPSA) is 158 Å². The first-order valence-electron chi connectivity index (χ1n) is 8.50. The molecule has 2 N–H and O–H groups in total. The lowest BCUT2D eigenvalue weighted by atomic mass is 10.2. The molecule has 0 saturated heterocycles. The Balaban J connectivity index is 1.56. The van der Waals surface area contributed by atoms with Crippen LogP contribution in [0.1, 0.15) is 10.4 Å². The van der Waals surface area contributed by atoms with Crippen LogP contribution >= 0.6 is 11.3 Å². The largest absolute Gasteiger partial charge is 0.452 e. The molecule has 3 rings (SSSR count). The summed E-state index contributed by atoms with van der Waals surface area (Å²) in [4.78, 5) is 37.4. The highest BCUT2D eigenvalue weighted by atomic mass is 32.2. The van der Waals surface area contributed by atoms with Gasteiger partial charge in [-0.3, -0.25) is 24.9 Å². The lowest BCUT2D eigenvalue weighted by molar-refractivity contribution is -0.380. The van der Waals surface area contributed by atoms with E-state index in [0.717, 1.165) is 6.20 Å². The van der Waals surface area contributed by atoms with Crippen molar-refractivity contribution in [2.75, 3.05) is 16.6 Å². The second kappa shape index (κ2) is 9.32. The van der Waals surface area contributed by atoms with Crippen molar-refractivity contribution in [2.24, 2.45) is 0 Å². The van der Waals surface area contributed by atoms with Crippen LogP contribution in [0.15, 0.2) is 65.7 Å². The van der Waals surface area contributed by atoms with Gasteiger partial charge >= 0.3 is 11.0 Å². The van der Waals surface area contributed by atoms with E-state index in [1.165, 1.54) is 24.3 Å². The molecule has 2 aromatic carbocycles. The number of amides is 1. The van der Waals surface area contributed by atoms with Gasteiger partial charge in [0.2, 0.25) is 0 Å². The molecule has 0 aliphatic heterocycles. The first kappa shape index (κ1) is 21.9. The van der Waals surface area contributed by atoms with Gasteiger partial charge in [0.15, 0.2) is 11.7 Å². The number of nitrogens with zero attached hydrogens (tertiary/aromatic N) is 2. The summed E-state index contributed by atoms with van der Waals surface area (Å²) in [6.07, 6.45) is 0.995. The summed E-state index contributed by atoms with van der Waals surface area (Å²) in [5.74, 6) is -1.58. The molecule has 0 bridgehead atoms. The van der Waals surface area contributed by atoms with Gasteiger partial charge in [0.05, 0.1) is 15.4 Å². The highest BCUT2D eigenvalue weighted by Crippen LogP contribution is 2.24. The Bertz CT molecular complexity index is 1210. The fourth-order valence-corrected chi connectivity index (χ4v) is 3.97. The predicted molar refractivity (Wildman–Crippen MR) is 111 cm³/mol. The number of aromatic nitrogens is 1. The first-order chi connectivity index (χ1) is 14.7. The third kappa shape index (κ3) is 5.83. The maximum atomic E-state index is 12.4. The Hall–Kier alpha value is -3.84.